The third kappa shape index (κ3) is 2.94. The van der Waals surface area contributed by atoms with Crippen LogP contribution in [0.4, 0.5) is 17.1 Å². The van der Waals surface area contributed by atoms with Gasteiger partial charge in [-0.25, -0.2) is 0 Å². The molecular weight excluding hydrogens is 350 g/mol. The summed E-state index contributed by atoms with van der Waals surface area (Å²) in [6.07, 6.45) is 1.16. The molecule has 4 aromatic rings. The summed E-state index contributed by atoms with van der Waals surface area (Å²) in [5.41, 5.74) is 10.2. The minimum Gasteiger partial charge on any atom is -0.309 e. The predicted molar refractivity (Wildman–Crippen MR) is 124 cm³/mol. The zero-order chi connectivity index (χ0) is 19.8. The van der Waals surface area contributed by atoms with Gasteiger partial charge in [-0.1, -0.05) is 86.6 Å². The van der Waals surface area contributed by atoms with Crippen molar-refractivity contribution < 1.29 is 0 Å². The molecule has 0 bridgehead atoms. The summed E-state index contributed by atoms with van der Waals surface area (Å²) in [6, 6.07) is 35.3. The molecule has 0 radical (unpaired) electrons. The average Bonchev–Trinajstić information content (AvgIpc) is 2.92. The second-order valence-corrected chi connectivity index (χ2v) is 7.82. The van der Waals surface area contributed by atoms with Crippen LogP contribution in [0.2, 0.25) is 0 Å². The standard InChI is InChI=1S/C28H25N/c1-3-20(2)21-16-18-22(19-17-21)29-27-14-8-6-12-25(27)23-10-4-5-11-24(23)26-13-7-9-15-28(26)29/h4-20H,3H2,1-2H3. The van der Waals surface area contributed by atoms with Gasteiger partial charge in [-0.05, 0) is 53.3 Å². The van der Waals surface area contributed by atoms with E-state index in [1.54, 1.807) is 0 Å². The third-order valence-electron chi connectivity index (χ3n) is 6.13. The Balaban J connectivity index is 1.77. The highest BCUT2D eigenvalue weighted by Crippen LogP contribution is 2.50. The van der Waals surface area contributed by atoms with Crippen LogP contribution in [-0.4, -0.2) is 0 Å². The van der Waals surface area contributed by atoms with Gasteiger partial charge in [0, 0.05) is 16.8 Å². The van der Waals surface area contributed by atoms with Gasteiger partial charge in [0.2, 0.25) is 0 Å². The van der Waals surface area contributed by atoms with Crippen molar-refractivity contribution in [3.8, 4) is 22.3 Å². The smallest absolute Gasteiger partial charge is 0.0540 e. The van der Waals surface area contributed by atoms with Crippen molar-refractivity contribution in [1.82, 2.24) is 0 Å². The summed E-state index contributed by atoms with van der Waals surface area (Å²) < 4.78 is 0. The summed E-state index contributed by atoms with van der Waals surface area (Å²) in [7, 11) is 0. The number of fused-ring (bicyclic) bond motifs is 5. The van der Waals surface area contributed by atoms with E-state index in [2.05, 4.69) is 116 Å². The van der Waals surface area contributed by atoms with Crippen molar-refractivity contribution in [2.45, 2.75) is 26.2 Å². The quantitative estimate of drug-likeness (QED) is 0.306. The lowest BCUT2D eigenvalue weighted by Crippen LogP contribution is -2.11. The van der Waals surface area contributed by atoms with Crippen LogP contribution >= 0.6 is 0 Å². The number of rotatable bonds is 3. The predicted octanol–water partition coefficient (Wildman–Crippen LogP) is 8.32. The van der Waals surface area contributed by atoms with Crippen molar-refractivity contribution in [3.05, 3.63) is 103 Å². The van der Waals surface area contributed by atoms with E-state index in [1.165, 1.54) is 44.9 Å². The molecule has 5 rings (SSSR count). The normalized spacial score (nSPS) is 13.1. The fourth-order valence-electron chi connectivity index (χ4n) is 4.34. The van der Waals surface area contributed by atoms with Crippen molar-refractivity contribution >= 4 is 17.1 Å². The van der Waals surface area contributed by atoms with Gasteiger partial charge >= 0.3 is 0 Å². The second-order valence-electron chi connectivity index (χ2n) is 7.82. The van der Waals surface area contributed by atoms with E-state index < -0.39 is 0 Å². The van der Waals surface area contributed by atoms with E-state index in [4.69, 9.17) is 0 Å². The molecule has 1 unspecified atom stereocenters. The number of benzene rings is 4. The molecule has 0 aromatic heterocycles. The largest absolute Gasteiger partial charge is 0.309 e. The molecule has 0 amide bonds. The maximum Gasteiger partial charge on any atom is 0.0540 e. The van der Waals surface area contributed by atoms with Crippen molar-refractivity contribution in [1.29, 1.82) is 0 Å². The highest BCUT2D eigenvalue weighted by molar-refractivity contribution is 6.02. The molecule has 1 aliphatic heterocycles. The van der Waals surface area contributed by atoms with Gasteiger partial charge < -0.3 is 4.90 Å². The molecule has 0 fully saturated rings. The topological polar surface area (TPSA) is 3.24 Å². The number of hydrogen-bond donors (Lipinski definition) is 0. The maximum absolute atomic E-state index is 2.41. The fourth-order valence-corrected chi connectivity index (χ4v) is 4.34. The van der Waals surface area contributed by atoms with Gasteiger partial charge in [0.15, 0.2) is 0 Å². The van der Waals surface area contributed by atoms with Gasteiger partial charge in [-0.15, -0.1) is 0 Å². The first-order valence-electron chi connectivity index (χ1n) is 10.5. The second kappa shape index (κ2) is 7.25. The Morgan fingerprint density at radius 2 is 1.03 bits per heavy atom. The van der Waals surface area contributed by atoms with Gasteiger partial charge in [0.25, 0.3) is 0 Å². The molecule has 0 spiro atoms. The Morgan fingerprint density at radius 3 is 1.52 bits per heavy atom. The summed E-state index contributed by atoms with van der Waals surface area (Å²) in [4.78, 5) is 2.41. The molecule has 0 saturated heterocycles. The van der Waals surface area contributed by atoms with Gasteiger partial charge in [0.05, 0.1) is 11.4 Å². The van der Waals surface area contributed by atoms with E-state index in [-0.39, 0.29) is 0 Å². The van der Waals surface area contributed by atoms with Gasteiger partial charge in [-0.3, -0.25) is 0 Å². The molecule has 1 nitrogen and oxygen atoms in total. The lowest BCUT2D eigenvalue weighted by Gasteiger charge is -2.27. The highest BCUT2D eigenvalue weighted by Gasteiger charge is 2.25. The average molecular weight is 376 g/mol. The van der Waals surface area contributed by atoms with E-state index in [9.17, 15) is 0 Å². The molecular formula is C28H25N. The molecule has 0 saturated carbocycles. The first-order valence-corrected chi connectivity index (χ1v) is 10.5. The number of nitrogens with zero attached hydrogens (tertiary/aromatic N) is 1. The maximum atomic E-state index is 2.41. The lowest BCUT2D eigenvalue weighted by atomic mass is 9.95. The molecule has 1 aliphatic rings. The first-order chi connectivity index (χ1) is 14.3. The Bertz CT molecular complexity index is 1090. The minimum atomic E-state index is 0.581. The van der Waals surface area contributed by atoms with Crippen molar-refractivity contribution in [3.63, 3.8) is 0 Å². The Hall–Kier alpha value is -3.32. The van der Waals surface area contributed by atoms with Crippen LogP contribution in [0.5, 0.6) is 0 Å². The molecule has 1 heteroatoms. The lowest BCUT2D eigenvalue weighted by molar-refractivity contribution is 0.733. The zero-order valence-electron chi connectivity index (χ0n) is 17.0. The molecule has 1 atom stereocenters. The van der Waals surface area contributed by atoms with Crippen molar-refractivity contribution in [2.24, 2.45) is 0 Å². The highest BCUT2D eigenvalue weighted by atomic mass is 15.1. The molecule has 4 aromatic carbocycles. The van der Waals surface area contributed by atoms with E-state index in [1.807, 2.05) is 0 Å². The van der Waals surface area contributed by atoms with Crippen molar-refractivity contribution in [2.75, 3.05) is 4.90 Å². The van der Waals surface area contributed by atoms with Crippen LogP contribution in [0.3, 0.4) is 0 Å². The Morgan fingerprint density at radius 1 is 0.586 bits per heavy atom. The van der Waals surface area contributed by atoms with Gasteiger partial charge in [-0.2, -0.15) is 0 Å². The van der Waals surface area contributed by atoms with E-state index in [0.717, 1.165) is 6.42 Å². The Kier molecular flexibility index (Phi) is 4.44. The molecule has 0 N–H and O–H groups in total. The van der Waals surface area contributed by atoms with Crippen LogP contribution in [0.15, 0.2) is 97.1 Å². The van der Waals surface area contributed by atoms with E-state index in [0.29, 0.717) is 5.92 Å². The monoisotopic (exact) mass is 375 g/mol. The Labute approximate surface area is 173 Å². The summed E-state index contributed by atoms with van der Waals surface area (Å²) >= 11 is 0. The SMILES string of the molecule is CCC(C)c1ccc(N2c3ccccc3-c3ccccc3-c3ccccc32)cc1. The van der Waals surface area contributed by atoms with Crippen LogP contribution in [0, 0.1) is 0 Å². The molecule has 29 heavy (non-hydrogen) atoms. The first kappa shape index (κ1) is 17.8. The number of hydrogen-bond acceptors (Lipinski definition) is 1. The number of anilines is 3. The molecule has 0 aliphatic carbocycles. The zero-order valence-corrected chi connectivity index (χ0v) is 17.0. The van der Waals surface area contributed by atoms with Crippen LogP contribution < -0.4 is 4.90 Å². The molecule has 142 valence electrons. The summed E-state index contributed by atoms with van der Waals surface area (Å²) in [6.45, 7) is 4.54. The van der Waals surface area contributed by atoms with E-state index >= 15 is 0 Å². The van der Waals surface area contributed by atoms with Crippen LogP contribution in [0.1, 0.15) is 31.7 Å². The fraction of sp³-hybridized carbons (Fsp3) is 0.143. The summed E-state index contributed by atoms with van der Waals surface area (Å²) in [5.74, 6) is 0.581. The third-order valence-corrected chi connectivity index (χ3v) is 6.13. The minimum absolute atomic E-state index is 0.581. The van der Waals surface area contributed by atoms with Crippen LogP contribution in [0.25, 0.3) is 22.3 Å². The summed E-state index contributed by atoms with van der Waals surface area (Å²) in [5, 5.41) is 0. The molecule has 1 heterocycles. The number of para-hydroxylation sites is 2. The van der Waals surface area contributed by atoms with Crippen LogP contribution in [-0.2, 0) is 0 Å². The van der Waals surface area contributed by atoms with Gasteiger partial charge in [0.1, 0.15) is 0 Å².